The van der Waals surface area contributed by atoms with Crippen molar-refractivity contribution in [3.05, 3.63) is 41.0 Å². The highest BCUT2D eigenvalue weighted by molar-refractivity contribution is 9.09. The summed E-state index contributed by atoms with van der Waals surface area (Å²) in [6.45, 7) is 8.93. The van der Waals surface area contributed by atoms with Gasteiger partial charge < -0.3 is 0 Å². The van der Waals surface area contributed by atoms with Crippen LogP contribution in [0.3, 0.4) is 0 Å². The Hall–Kier alpha value is -0.560. The average molecular weight is 281 g/mol. The van der Waals surface area contributed by atoms with E-state index in [1.165, 1.54) is 16.7 Å². The zero-order chi connectivity index (χ0) is 12.2. The van der Waals surface area contributed by atoms with Crippen LogP contribution in [0.2, 0.25) is 0 Å². The minimum Gasteiger partial charge on any atom is -0.0925 e. The maximum atomic E-state index is 3.44. The summed E-state index contributed by atoms with van der Waals surface area (Å²) >= 11 is 3.44. The van der Waals surface area contributed by atoms with E-state index in [9.17, 15) is 0 Å². The van der Waals surface area contributed by atoms with Gasteiger partial charge in [0.15, 0.2) is 0 Å². The van der Waals surface area contributed by atoms with Crippen LogP contribution in [-0.2, 0) is 5.41 Å². The molecule has 0 aliphatic rings. The van der Waals surface area contributed by atoms with Crippen molar-refractivity contribution in [1.29, 1.82) is 0 Å². The molecule has 0 atom stereocenters. The summed E-state index contributed by atoms with van der Waals surface area (Å²) in [5.74, 6) is 0. The largest absolute Gasteiger partial charge is 0.0925 e. The second-order valence-corrected chi connectivity index (χ2v) is 5.99. The van der Waals surface area contributed by atoms with Crippen molar-refractivity contribution in [2.24, 2.45) is 0 Å². The van der Waals surface area contributed by atoms with Crippen molar-refractivity contribution in [3.8, 4) is 0 Å². The van der Waals surface area contributed by atoms with Gasteiger partial charge in [-0.05, 0) is 35.4 Å². The van der Waals surface area contributed by atoms with E-state index in [2.05, 4.69) is 74.0 Å². The minimum atomic E-state index is 0.228. The van der Waals surface area contributed by atoms with Crippen molar-refractivity contribution in [1.82, 2.24) is 0 Å². The fourth-order valence-corrected chi connectivity index (χ4v) is 1.82. The van der Waals surface area contributed by atoms with Crippen LogP contribution in [0.5, 0.6) is 0 Å². The highest BCUT2D eigenvalue weighted by Crippen LogP contribution is 2.25. The van der Waals surface area contributed by atoms with Crippen molar-refractivity contribution >= 4 is 22.0 Å². The van der Waals surface area contributed by atoms with E-state index in [-0.39, 0.29) is 5.41 Å². The molecule has 0 spiro atoms. The summed E-state index contributed by atoms with van der Waals surface area (Å²) in [5, 5.41) is 1.03. The SMILES string of the molecule is Cc1ccc(C(C)(C)C)cc1/C=C/CCBr. The Morgan fingerprint density at radius 1 is 1.25 bits per heavy atom. The van der Waals surface area contributed by atoms with Gasteiger partial charge in [0.25, 0.3) is 0 Å². The smallest absolute Gasteiger partial charge is 0.00660 e. The molecule has 0 N–H and O–H groups in total. The lowest BCUT2D eigenvalue weighted by molar-refractivity contribution is 0.590. The van der Waals surface area contributed by atoms with Crippen LogP contribution in [0, 0.1) is 6.92 Å². The topological polar surface area (TPSA) is 0 Å². The van der Waals surface area contributed by atoms with Crippen molar-refractivity contribution < 1.29 is 0 Å². The summed E-state index contributed by atoms with van der Waals surface area (Å²) in [7, 11) is 0. The normalized spacial score (nSPS) is 12.3. The first-order valence-corrected chi connectivity index (χ1v) is 6.91. The van der Waals surface area contributed by atoms with Crippen LogP contribution in [0.25, 0.3) is 6.08 Å². The summed E-state index contributed by atoms with van der Waals surface area (Å²) in [5.41, 5.74) is 4.31. The first-order valence-electron chi connectivity index (χ1n) is 5.79. The second kappa shape index (κ2) is 5.67. The molecule has 0 aromatic heterocycles. The third-order valence-corrected chi connectivity index (χ3v) is 3.18. The van der Waals surface area contributed by atoms with Crippen LogP contribution >= 0.6 is 15.9 Å². The van der Waals surface area contributed by atoms with Crippen LogP contribution in [0.1, 0.15) is 43.9 Å². The third kappa shape index (κ3) is 3.79. The van der Waals surface area contributed by atoms with E-state index < -0.39 is 0 Å². The maximum absolute atomic E-state index is 3.44. The van der Waals surface area contributed by atoms with E-state index in [1.807, 2.05) is 0 Å². The molecule has 1 aromatic carbocycles. The van der Waals surface area contributed by atoms with Gasteiger partial charge in [0.1, 0.15) is 0 Å². The van der Waals surface area contributed by atoms with Crippen molar-refractivity contribution in [2.75, 3.05) is 5.33 Å². The molecule has 0 saturated carbocycles. The molecule has 1 heteroatoms. The molecule has 0 radical (unpaired) electrons. The summed E-state index contributed by atoms with van der Waals surface area (Å²) in [4.78, 5) is 0. The lowest BCUT2D eigenvalue weighted by Crippen LogP contribution is -2.11. The fraction of sp³-hybridized carbons (Fsp3) is 0.467. The first kappa shape index (κ1) is 13.5. The van der Waals surface area contributed by atoms with Crippen molar-refractivity contribution in [2.45, 2.75) is 39.5 Å². The summed E-state index contributed by atoms with van der Waals surface area (Å²) < 4.78 is 0. The molecule has 0 fully saturated rings. The Kier molecular flexibility index (Phi) is 4.79. The van der Waals surface area contributed by atoms with E-state index in [4.69, 9.17) is 0 Å². The fourth-order valence-electron chi connectivity index (χ4n) is 1.56. The molecule has 1 rings (SSSR count). The lowest BCUT2D eigenvalue weighted by Gasteiger charge is -2.20. The number of aryl methyl sites for hydroxylation is 1. The van der Waals surface area contributed by atoms with Crippen LogP contribution in [0.4, 0.5) is 0 Å². The molecule has 0 amide bonds. The zero-order valence-corrected chi connectivity index (χ0v) is 12.3. The Balaban J connectivity index is 3.00. The van der Waals surface area contributed by atoms with E-state index in [1.54, 1.807) is 0 Å². The Morgan fingerprint density at radius 2 is 1.94 bits per heavy atom. The van der Waals surface area contributed by atoms with Gasteiger partial charge in [0, 0.05) is 5.33 Å². The number of halogens is 1. The van der Waals surface area contributed by atoms with Gasteiger partial charge in [0.2, 0.25) is 0 Å². The predicted octanol–water partition coefficient (Wildman–Crippen LogP) is 5.09. The quantitative estimate of drug-likeness (QED) is 0.677. The Labute approximate surface area is 108 Å². The molecule has 16 heavy (non-hydrogen) atoms. The third-order valence-electron chi connectivity index (χ3n) is 2.72. The first-order chi connectivity index (χ1) is 7.45. The number of alkyl halides is 1. The number of hydrogen-bond acceptors (Lipinski definition) is 0. The summed E-state index contributed by atoms with van der Waals surface area (Å²) in [6, 6.07) is 6.76. The molecule has 88 valence electrons. The van der Waals surface area contributed by atoms with Gasteiger partial charge in [-0.25, -0.2) is 0 Å². The minimum absolute atomic E-state index is 0.228. The van der Waals surface area contributed by atoms with Crippen LogP contribution in [-0.4, -0.2) is 5.33 Å². The van der Waals surface area contributed by atoms with E-state index >= 15 is 0 Å². The van der Waals surface area contributed by atoms with Gasteiger partial charge in [0.05, 0.1) is 0 Å². The lowest BCUT2D eigenvalue weighted by atomic mass is 9.85. The molecule has 0 saturated heterocycles. The number of benzene rings is 1. The maximum Gasteiger partial charge on any atom is 0.00660 e. The number of rotatable bonds is 3. The molecular weight excluding hydrogens is 260 g/mol. The Morgan fingerprint density at radius 3 is 2.50 bits per heavy atom. The number of allylic oxidation sites excluding steroid dienone is 1. The molecule has 1 aromatic rings. The Bertz CT molecular complexity index is 370. The predicted molar refractivity (Wildman–Crippen MR) is 77.3 cm³/mol. The van der Waals surface area contributed by atoms with Crippen LogP contribution in [0.15, 0.2) is 24.3 Å². The molecule has 0 heterocycles. The number of hydrogen-bond donors (Lipinski definition) is 0. The summed E-state index contributed by atoms with van der Waals surface area (Å²) in [6.07, 6.45) is 5.54. The van der Waals surface area contributed by atoms with E-state index in [0.29, 0.717) is 0 Å². The highest BCUT2D eigenvalue weighted by Gasteiger charge is 2.13. The molecule has 0 unspecified atom stereocenters. The van der Waals surface area contributed by atoms with Gasteiger partial charge in [-0.2, -0.15) is 0 Å². The molecule has 0 aliphatic heterocycles. The molecule has 0 aliphatic carbocycles. The van der Waals surface area contributed by atoms with Crippen molar-refractivity contribution in [3.63, 3.8) is 0 Å². The standard InChI is InChI=1S/C15H21Br/c1-12-8-9-14(15(2,3)4)11-13(12)7-5-6-10-16/h5,7-9,11H,6,10H2,1-4H3/b7-5+. The van der Waals surface area contributed by atoms with Gasteiger partial charge >= 0.3 is 0 Å². The monoisotopic (exact) mass is 280 g/mol. The van der Waals surface area contributed by atoms with Gasteiger partial charge in [-0.15, -0.1) is 0 Å². The van der Waals surface area contributed by atoms with Crippen LogP contribution < -0.4 is 0 Å². The van der Waals surface area contributed by atoms with E-state index in [0.717, 1.165) is 11.8 Å². The zero-order valence-electron chi connectivity index (χ0n) is 10.7. The van der Waals surface area contributed by atoms with Gasteiger partial charge in [-0.3, -0.25) is 0 Å². The second-order valence-electron chi connectivity index (χ2n) is 5.20. The highest BCUT2D eigenvalue weighted by atomic mass is 79.9. The molecule has 0 nitrogen and oxygen atoms in total. The average Bonchev–Trinajstić information content (AvgIpc) is 2.19. The van der Waals surface area contributed by atoms with Gasteiger partial charge in [-0.1, -0.05) is 67.1 Å². The molecular formula is C15H21Br. The molecule has 0 bridgehead atoms.